The van der Waals surface area contributed by atoms with Gasteiger partial charge in [-0.2, -0.15) is 0 Å². The van der Waals surface area contributed by atoms with Crippen LogP contribution in [0, 0.1) is 0 Å². The first-order valence-electron chi connectivity index (χ1n) is 6.92. The average molecular weight is 343 g/mol. The SMILES string of the molecule is NC(=O)COc1cccc(NC(=O)c2csc(-c3ccoc3)n2)c1. The van der Waals surface area contributed by atoms with E-state index in [1.165, 1.54) is 11.3 Å². The first kappa shape index (κ1) is 15.8. The molecule has 0 radical (unpaired) electrons. The van der Waals surface area contributed by atoms with Gasteiger partial charge in [0.25, 0.3) is 11.8 Å². The number of nitrogens with one attached hydrogen (secondary N) is 1. The minimum atomic E-state index is -0.571. The maximum atomic E-state index is 12.3. The first-order valence-corrected chi connectivity index (χ1v) is 7.80. The second-order valence-electron chi connectivity index (χ2n) is 4.79. The van der Waals surface area contributed by atoms with Crippen molar-refractivity contribution >= 4 is 28.8 Å². The number of carbonyl (C=O) groups excluding carboxylic acids is 2. The van der Waals surface area contributed by atoms with Crippen molar-refractivity contribution in [2.24, 2.45) is 5.73 Å². The molecule has 8 heteroatoms. The third-order valence-corrected chi connectivity index (χ3v) is 3.87. The summed E-state index contributed by atoms with van der Waals surface area (Å²) in [5.74, 6) is -0.476. The molecule has 2 amide bonds. The van der Waals surface area contributed by atoms with Gasteiger partial charge in [-0.1, -0.05) is 6.07 Å². The van der Waals surface area contributed by atoms with E-state index in [0.717, 1.165) is 5.56 Å². The van der Waals surface area contributed by atoms with E-state index in [1.54, 1.807) is 48.2 Å². The van der Waals surface area contributed by atoms with Crippen LogP contribution in [-0.2, 0) is 4.79 Å². The summed E-state index contributed by atoms with van der Waals surface area (Å²) in [5, 5.41) is 5.10. The average Bonchev–Trinajstić information content (AvgIpc) is 3.24. The molecule has 122 valence electrons. The minimum absolute atomic E-state index is 0.225. The molecular weight excluding hydrogens is 330 g/mol. The van der Waals surface area contributed by atoms with Crippen molar-refractivity contribution in [1.29, 1.82) is 0 Å². The Labute approximate surface area is 141 Å². The molecule has 0 aliphatic heterocycles. The lowest BCUT2D eigenvalue weighted by Gasteiger charge is -2.07. The van der Waals surface area contributed by atoms with Crippen molar-refractivity contribution in [1.82, 2.24) is 4.98 Å². The molecule has 0 aliphatic carbocycles. The summed E-state index contributed by atoms with van der Waals surface area (Å²) in [7, 11) is 0. The maximum Gasteiger partial charge on any atom is 0.275 e. The zero-order chi connectivity index (χ0) is 16.9. The number of benzene rings is 1. The van der Waals surface area contributed by atoms with E-state index in [-0.39, 0.29) is 12.5 Å². The zero-order valence-electron chi connectivity index (χ0n) is 12.4. The summed E-state index contributed by atoms with van der Waals surface area (Å²) in [6, 6.07) is 8.45. The topological polar surface area (TPSA) is 107 Å². The number of hydrogen-bond donors (Lipinski definition) is 2. The molecule has 7 nitrogen and oxygen atoms in total. The van der Waals surface area contributed by atoms with Crippen LogP contribution in [0.1, 0.15) is 10.5 Å². The summed E-state index contributed by atoms with van der Waals surface area (Å²) in [6.45, 7) is -0.225. The lowest BCUT2D eigenvalue weighted by atomic mass is 10.3. The molecule has 0 bridgehead atoms. The van der Waals surface area contributed by atoms with E-state index in [1.807, 2.05) is 0 Å². The normalized spacial score (nSPS) is 10.3. The van der Waals surface area contributed by atoms with Gasteiger partial charge in [0.05, 0.1) is 6.26 Å². The summed E-state index contributed by atoms with van der Waals surface area (Å²) < 4.78 is 10.2. The van der Waals surface area contributed by atoms with E-state index in [4.69, 9.17) is 14.9 Å². The molecule has 0 saturated carbocycles. The molecule has 0 aliphatic rings. The van der Waals surface area contributed by atoms with Gasteiger partial charge in [-0.15, -0.1) is 11.3 Å². The number of amides is 2. The Morgan fingerprint density at radius 1 is 1.33 bits per heavy atom. The number of furan rings is 1. The monoisotopic (exact) mass is 343 g/mol. The molecule has 0 fully saturated rings. The highest BCUT2D eigenvalue weighted by Gasteiger charge is 2.13. The lowest BCUT2D eigenvalue weighted by molar-refractivity contribution is -0.119. The molecule has 2 heterocycles. The van der Waals surface area contributed by atoms with Crippen LogP contribution in [-0.4, -0.2) is 23.4 Å². The summed E-state index contributed by atoms with van der Waals surface area (Å²) in [6.07, 6.45) is 3.12. The van der Waals surface area contributed by atoms with Crippen LogP contribution in [0.15, 0.2) is 52.7 Å². The molecule has 24 heavy (non-hydrogen) atoms. The quantitative estimate of drug-likeness (QED) is 0.715. The van der Waals surface area contributed by atoms with Crippen molar-refractivity contribution in [3.8, 4) is 16.3 Å². The predicted octanol–water partition coefficient (Wildman–Crippen LogP) is 2.52. The molecule has 0 unspecified atom stereocenters. The van der Waals surface area contributed by atoms with Gasteiger partial charge in [0.15, 0.2) is 6.61 Å². The number of nitrogens with two attached hydrogens (primary N) is 1. The van der Waals surface area contributed by atoms with Gasteiger partial charge >= 0.3 is 0 Å². The van der Waals surface area contributed by atoms with Gasteiger partial charge < -0.3 is 20.2 Å². The molecular formula is C16H13N3O4S. The number of nitrogens with zero attached hydrogens (tertiary/aromatic N) is 1. The predicted molar refractivity (Wildman–Crippen MR) is 88.9 cm³/mol. The fraction of sp³-hybridized carbons (Fsp3) is 0.0625. The number of thiazole rings is 1. The van der Waals surface area contributed by atoms with Crippen LogP contribution in [0.2, 0.25) is 0 Å². The summed E-state index contributed by atoms with van der Waals surface area (Å²) >= 11 is 1.35. The molecule has 3 rings (SSSR count). The first-order chi connectivity index (χ1) is 11.6. The lowest BCUT2D eigenvalue weighted by Crippen LogP contribution is -2.20. The third-order valence-electron chi connectivity index (χ3n) is 2.98. The number of aromatic nitrogens is 1. The van der Waals surface area contributed by atoms with Crippen LogP contribution in [0.4, 0.5) is 5.69 Å². The fourth-order valence-corrected chi connectivity index (χ4v) is 2.70. The Morgan fingerprint density at radius 2 is 2.21 bits per heavy atom. The van der Waals surface area contributed by atoms with Crippen molar-refractivity contribution < 1.29 is 18.7 Å². The summed E-state index contributed by atoms with van der Waals surface area (Å²) in [4.78, 5) is 27.3. The van der Waals surface area contributed by atoms with Crippen LogP contribution in [0.5, 0.6) is 5.75 Å². The largest absolute Gasteiger partial charge is 0.484 e. The Morgan fingerprint density at radius 3 is 2.96 bits per heavy atom. The molecule has 0 saturated heterocycles. The fourth-order valence-electron chi connectivity index (χ4n) is 1.91. The van der Waals surface area contributed by atoms with E-state index < -0.39 is 5.91 Å². The van der Waals surface area contributed by atoms with Crippen molar-refractivity contribution in [3.63, 3.8) is 0 Å². The van der Waals surface area contributed by atoms with Crippen LogP contribution >= 0.6 is 11.3 Å². The molecule has 1 aromatic carbocycles. The minimum Gasteiger partial charge on any atom is -0.484 e. The molecule has 3 aromatic rings. The Kier molecular flexibility index (Phi) is 4.57. The van der Waals surface area contributed by atoms with E-state index in [0.29, 0.717) is 22.1 Å². The van der Waals surface area contributed by atoms with Crippen molar-refractivity contribution in [3.05, 3.63) is 53.9 Å². The molecule has 0 atom stereocenters. The number of ether oxygens (including phenoxy) is 1. The number of carbonyl (C=O) groups is 2. The standard InChI is InChI=1S/C16H13N3O4S/c17-14(20)8-23-12-3-1-2-11(6-12)18-15(21)13-9-24-16(19-13)10-4-5-22-7-10/h1-7,9H,8H2,(H2,17,20)(H,18,21). The van der Waals surface area contributed by atoms with Gasteiger partial charge in [0.2, 0.25) is 0 Å². The summed E-state index contributed by atoms with van der Waals surface area (Å²) in [5.41, 5.74) is 6.68. The van der Waals surface area contributed by atoms with E-state index in [9.17, 15) is 9.59 Å². The Bertz CT molecular complexity index is 858. The second-order valence-corrected chi connectivity index (χ2v) is 5.64. The van der Waals surface area contributed by atoms with Gasteiger partial charge in [0.1, 0.15) is 22.7 Å². The number of anilines is 1. The second kappa shape index (κ2) is 6.97. The number of rotatable bonds is 6. The Balaban J connectivity index is 1.68. The van der Waals surface area contributed by atoms with Gasteiger partial charge in [-0.25, -0.2) is 4.98 Å². The van der Waals surface area contributed by atoms with Gasteiger partial charge in [-0.3, -0.25) is 9.59 Å². The van der Waals surface area contributed by atoms with Crippen LogP contribution in [0.3, 0.4) is 0 Å². The highest BCUT2D eigenvalue weighted by molar-refractivity contribution is 7.13. The highest BCUT2D eigenvalue weighted by Crippen LogP contribution is 2.24. The van der Waals surface area contributed by atoms with E-state index in [2.05, 4.69) is 10.3 Å². The smallest absolute Gasteiger partial charge is 0.275 e. The van der Waals surface area contributed by atoms with Gasteiger partial charge in [-0.05, 0) is 18.2 Å². The zero-order valence-corrected chi connectivity index (χ0v) is 13.2. The van der Waals surface area contributed by atoms with Crippen LogP contribution < -0.4 is 15.8 Å². The van der Waals surface area contributed by atoms with Gasteiger partial charge in [0, 0.05) is 22.7 Å². The molecule has 0 spiro atoms. The van der Waals surface area contributed by atoms with Crippen molar-refractivity contribution in [2.75, 3.05) is 11.9 Å². The number of primary amides is 1. The third kappa shape index (κ3) is 3.79. The highest BCUT2D eigenvalue weighted by atomic mass is 32.1. The maximum absolute atomic E-state index is 12.3. The van der Waals surface area contributed by atoms with E-state index >= 15 is 0 Å². The van der Waals surface area contributed by atoms with Crippen molar-refractivity contribution in [2.45, 2.75) is 0 Å². The molecule has 2 aromatic heterocycles. The van der Waals surface area contributed by atoms with Crippen LogP contribution in [0.25, 0.3) is 10.6 Å². The molecule has 3 N–H and O–H groups in total. The Hall–Kier alpha value is -3.13. The number of hydrogen-bond acceptors (Lipinski definition) is 6.